The monoisotopic (exact) mass is 921 g/mol. The fraction of sp³-hybridized carbons (Fsp3) is 0.628. The molecule has 0 aliphatic carbocycles. The number of nitrogens with one attached hydrogen (secondary N) is 6. The lowest BCUT2D eigenvalue weighted by molar-refractivity contribution is -0.114. The van der Waals surface area contributed by atoms with Crippen molar-refractivity contribution in [1.29, 1.82) is 0 Å². The van der Waals surface area contributed by atoms with Crippen LogP contribution < -0.4 is 41.7 Å². The molecule has 2 aliphatic rings. The number of aromatic nitrogens is 1. The number of hydrogen-bond donors (Lipinski definition) is 6. The third-order valence-electron chi connectivity index (χ3n) is 8.91. The van der Waals surface area contributed by atoms with E-state index in [2.05, 4.69) is 31.9 Å². The maximum Gasteiger partial charge on any atom is 0.407 e. The fourth-order valence-corrected chi connectivity index (χ4v) is 7.66. The number of amides is 5. The van der Waals surface area contributed by atoms with Crippen LogP contribution >= 0.6 is 23.2 Å². The first-order valence-corrected chi connectivity index (χ1v) is 21.7. The van der Waals surface area contributed by atoms with Crippen LogP contribution in [-0.4, -0.2) is 108 Å². The quantitative estimate of drug-likeness (QED) is 0.131. The van der Waals surface area contributed by atoms with Crippen LogP contribution in [0, 0.1) is 0 Å². The minimum atomic E-state index is -0.777. The molecule has 2 saturated heterocycles. The summed E-state index contributed by atoms with van der Waals surface area (Å²) in [5.41, 5.74) is -1.63. The average Bonchev–Trinajstić information content (AvgIpc) is 3.06. The minimum absolute atomic E-state index is 0.118. The van der Waals surface area contributed by atoms with Crippen LogP contribution in [0.1, 0.15) is 103 Å². The number of carbonyl (C=O) groups excluding carboxylic acids is 5. The summed E-state index contributed by atoms with van der Waals surface area (Å²) in [6, 6.07) is 4.62. The second-order valence-corrected chi connectivity index (χ2v) is 20.6. The van der Waals surface area contributed by atoms with Gasteiger partial charge in [-0.25, -0.2) is 24.2 Å². The SMILES string of the molecule is CC(=O)Nc1ccc(Nc2nc(N3C[C@H](NC(=O)OC(C)(C)C)C[C@H](NC(=O)OC(C)(C)C)C3)c(Cl)c(N3C[C@H](NC(=O)OC(C)(C)C)C[C@H](NC(=O)OC(C)(C)C)C3)c2Cl)cc1. The van der Waals surface area contributed by atoms with Gasteiger partial charge in [-0.2, -0.15) is 0 Å². The molecule has 2 fully saturated rings. The van der Waals surface area contributed by atoms with Gasteiger partial charge in [-0.1, -0.05) is 23.2 Å². The zero-order valence-corrected chi connectivity index (χ0v) is 40.1. The summed E-state index contributed by atoms with van der Waals surface area (Å²) in [5.74, 6) is 0.211. The van der Waals surface area contributed by atoms with Gasteiger partial charge in [0.2, 0.25) is 5.91 Å². The number of benzene rings is 1. The van der Waals surface area contributed by atoms with Crippen molar-refractivity contribution < 1.29 is 42.9 Å². The minimum Gasteiger partial charge on any atom is -0.444 e. The molecular weight excluding hydrogens is 857 g/mol. The number of nitrogens with zero attached hydrogens (tertiary/aromatic N) is 3. The van der Waals surface area contributed by atoms with E-state index in [-0.39, 0.29) is 53.8 Å². The Bertz CT molecular complexity index is 1900. The van der Waals surface area contributed by atoms with Crippen LogP contribution in [0.4, 0.5) is 47.9 Å². The Morgan fingerprint density at radius 3 is 1.22 bits per heavy atom. The highest BCUT2D eigenvalue weighted by atomic mass is 35.5. The van der Waals surface area contributed by atoms with Gasteiger partial charge in [0.25, 0.3) is 0 Å². The van der Waals surface area contributed by atoms with Crippen molar-refractivity contribution in [1.82, 2.24) is 26.3 Å². The number of rotatable bonds is 9. The van der Waals surface area contributed by atoms with E-state index in [0.29, 0.717) is 29.9 Å². The first kappa shape index (κ1) is 50.5. The molecule has 63 heavy (non-hydrogen) atoms. The van der Waals surface area contributed by atoms with Crippen molar-refractivity contribution in [3.05, 3.63) is 34.3 Å². The third kappa shape index (κ3) is 16.8. The molecule has 1 aromatic heterocycles. The lowest BCUT2D eigenvalue weighted by Crippen LogP contribution is -2.58. The van der Waals surface area contributed by atoms with Crippen LogP contribution in [0.5, 0.6) is 0 Å². The maximum absolute atomic E-state index is 13.1. The summed E-state index contributed by atoms with van der Waals surface area (Å²) >= 11 is 14.8. The Morgan fingerprint density at radius 2 is 0.889 bits per heavy atom. The molecule has 0 saturated carbocycles. The van der Waals surface area contributed by atoms with Gasteiger partial charge in [0.15, 0.2) is 11.6 Å². The number of anilines is 5. The molecule has 18 nitrogen and oxygen atoms in total. The number of alkyl carbamates (subject to hydrolysis) is 4. The molecule has 0 spiro atoms. The molecule has 0 unspecified atom stereocenters. The zero-order chi connectivity index (χ0) is 47.2. The number of halogens is 2. The van der Waals surface area contributed by atoms with Crippen molar-refractivity contribution in [3.8, 4) is 0 Å². The van der Waals surface area contributed by atoms with Gasteiger partial charge in [-0.05, 0) is 120 Å². The van der Waals surface area contributed by atoms with E-state index in [9.17, 15) is 24.0 Å². The van der Waals surface area contributed by atoms with Gasteiger partial charge in [0.1, 0.15) is 32.4 Å². The van der Waals surface area contributed by atoms with Crippen LogP contribution in [0.25, 0.3) is 0 Å². The molecule has 0 radical (unpaired) electrons. The molecule has 4 rings (SSSR count). The predicted molar refractivity (Wildman–Crippen MR) is 245 cm³/mol. The lowest BCUT2D eigenvalue weighted by Gasteiger charge is -2.42. The number of pyridine rings is 1. The average molecular weight is 923 g/mol. The molecule has 6 N–H and O–H groups in total. The highest BCUT2D eigenvalue weighted by Crippen LogP contribution is 2.45. The van der Waals surface area contributed by atoms with Crippen molar-refractivity contribution in [2.45, 2.75) is 149 Å². The number of hydrogen-bond acceptors (Lipinski definition) is 13. The van der Waals surface area contributed by atoms with E-state index >= 15 is 0 Å². The highest BCUT2D eigenvalue weighted by Gasteiger charge is 2.38. The summed E-state index contributed by atoms with van der Waals surface area (Å²) in [4.78, 5) is 72.9. The van der Waals surface area contributed by atoms with Crippen LogP contribution in [-0.2, 0) is 23.7 Å². The summed E-state index contributed by atoms with van der Waals surface area (Å²) in [6.45, 7) is 23.3. The summed E-state index contributed by atoms with van der Waals surface area (Å²) in [6.07, 6.45) is -1.96. The van der Waals surface area contributed by atoms with Crippen LogP contribution in [0.3, 0.4) is 0 Å². The first-order chi connectivity index (χ1) is 28.9. The maximum atomic E-state index is 13.1. The van der Waals surface area contributed by atoms with E-state index in [4.69, 9.17) is 47.1 Å². The van der Waals surface area contributed by atoms with Gasteiger partial charge in [-0.15, -0.1) is 0 Å². The number of ether oxygens (including phenoxy) is 4. The van der Waals surface area contributed by atoms with Crippen molar-refractivity contribution in [3.63, 3.8) is 0 Å². The molecule has 3 heterocycles. The third-order valence-corrected chi connectivity index (χ3v) is 9.61. The van der Waals surface area contributed by atoms with E-state index in [1.807, 2.05) is 9.80 Å². The molecule has 350 valence electrons. The Labute approximate surface area is 380 Å². The molecule has 20 heteroatoms. The molecule has 1 aromatic carbocycles. The summed E-state index contributed by atoms with van der Waals surface area (Å²) in [7, 11) is 0. The van der Waals surface area contributed by atoms with Crippen molar-refractivity contribution >= 4 is 82.2 Å². The highest BCUT2D eigenvalue weighted by molar-refractivity contribution is 6.42. The van der Waals surface area contributed by atoms with Gasteiger partial charge in [-0.3, -0.25) is 4.79 Å². The van der Waals surface area contributed by atoms with E-state index in [0.717, 1.165) is 0 Å². The Kier molecular flexibility index (Phi) is 16.2. The Morgan fingerprint density at radius 1 is 0.556 bits per heavy atom. The Balaban J connectivity index is 1.84. The van der Waals surface area contributed by atoms with Gasteiger partial charge >= 0.3 is 24.4 Å². The van der Waals surface area contributed by atoms with E-state index in [1.165, 1.54) is 6.92 Å². The Hall–Kier alpha value is -5.10. The molecule has 5 amide bonds. The second kappa shape index (κ2) is 20.2. The lowest BCUT2D eigenvalue weighted by atomic mass is 9.99. The van der Waals surface area contributed by atoms with Crippen LogP contribution in [0.2, 0.25) is 10.0 Å². The van der Waals surface area contributed by atoms with Crippen LogP contribution in [0.15, 0.2) is 24.3 Å². The van der Waals surface area contributed by atoms with Gasteiger partial charge in [0, 0.05) is 44.5 Å². The van der Waals surface area contributed by atoms with E-state index in [1.54, 1.807) is 107 Å². The number of carbonyl (C=O) groups is 5. The molecule has 2 aromatic rings. The van der Waals surface area contributed by atoms with Gasteiger partial charge in [0.05, 0.1) is 29.9 Å². The smallest absolute Gasteiger partial charge is 0.407 e. The molecular formula is C43H65Cl2N9O9. The number of piperidine rings is 2. The zero-order valence-electron chi connectivity index (χ0n) is 38.6. The van der Waals surface area contributed by atoms with Crippen molar-refractivity contribution in [2.75, 3.05) is 46.6 Å². The van der Waals surface area contributed by atoms with E-state index < -0.39 is 70.9 Å². The molecule has 4 atom stereocenters. The summed E-state index contributed by atoms with van der Waals surface area (Å²) in [5, 5.41) is 18.0. The summed E-state index contributed by atoms with van der Waals surface area (Å²) < 4.78 is 22.4. The normalized spacial score (nSPS) is 19.5. The van der Waals surface area contributed by atoms with Crippen molar-refractivity contribution in [2.24, 2.45) is 0 Å². The standard InChI is InChI=1S/C43H65Cl2N9O9/c1-24(55)46-25-14-16-26(17-15-25)47-34-31(44)33(53-20-27(48-36(56)60-40(2,3)4)18-28(21-53)49-37(57)61-41(5,6)7)32(45)35(52-34)54-22-29(50-38(58)62-42(8,9)10)19-30(23-54)51-39(59)63-43(11,12)13/h14-17,27-30H,18-23H2,1-13H3,(H,46,55)(H,47,52)(H,48,56)(H,49,57)(H,50,58)(H,51,59)/t27-,28+,29-,30+. The van der Waals surface area contributed by atoms with Gasteiger partial charge < -0.3 is 60.6 Å². The second-order valence-electron chi connectivity index (χ2n) is 19.8. The fourth-order valence-electron chi connectivity index (χ4n) is 6.93. The predicted octanol–water partition coefficient (Wildman–Crippen LogP) is 8.08. The molecule has 0 bridgehead atoms. The first-order valence-electron chi connectivity index (χ1n) is 20.9. The largest absolute Gasteiger partial charge is 0.444 e. The molecule has 2 aliphatic heterocycles. The topological polar surface area (TPSA) is 214 Å².